The first-order valence-electron chi connectivity index (χ1n) is 7.68. The molecule has 1 unspecified atom stereocenters. The Balaban J connectivity index is 1.80. The molecule has 0 radical (unpaired) electrons. The lowest BCUT2D eigenvalue weighted by Crippen LogP contribution is -2.44. The van der Waals surface area contributed by atoms with Crippen molar-refractivity contribution >= 4 is 16.9 Å². The molecule has 1 fully saturated rings. The number of aromatic nitrogens is 2. The Labute approximate surface area is 124 Å². The number of hydrogen-bond donors (Lipinski definition) is 2. The van der Waals surface area contributed by atoms with Gasteiger partial charge in [-0.05, 0) is 57.5 Å². The maximum atomic E-state index is 12.8. The van der Waals surface area contributed by atoms with Crippen LogP contribution in [0.25, 0.3) is 11.0 Å². The van der Waals surface area contributed by atoms with Gasteiger partial charge in [0.15, 0.2) is 0 Å². The third-order valence-electron chi connectivity index (χ3n) is 4.28. The number of likely N-dealkylation sites (tertiary alicyclic amines) is 1. The fraction of sp³-hybridized carbons (Fsp3) is 0.500. The van der Waals surface area contributed by atoms with Gasteiger partial charge in [-0.2, -0.15) is 0 Å². The van der Waals surface area contributed by atoms with Crippen molar-refractivity contribution in [3.8, 4) is 0 Å². The number of piperidine rings is 1. The Bertz CT molecular complexity index is 622. The zero-order valence-electron chi connectivity index (χ0n) is 12.4. The second-order valence-electron chi connectivity index (χ2n) is 5.67. The molecule has 1 saturated heterocycles. The Morgan fingerprint density at radius 1 is 1.48 bits per heavy atom. The van der Waals surface area contributed by atoms with Gasteiger partial charge in [0.25, 0.3) is 5.91 Å². The number of rotatable bonds is 4. The Morgan fingerprint density at radius 3 is 3.24 bits per heavy atom. The van der Waals surface area contributed by atoms with E-state index in [0.717, 1.165) is 48.9 Å². The van der Waals surface area contributed by atoms with Crippen molar-refractivity contribution in [2.75, 3.05) is 20.1 Å². The fourth-order valence-corrected chi connectivity index (χ4v) is 3.11. The second-order valence-corrected chi connectivity index (χ2v) is 5.67. The van der Waals surface area contributed by atoms with E-state index < -0.39 is 0 Å². The van der Waals surface area contributed by atoms with Crippen LogP contribution in [-0.2, 0) is 0 Å². The predicted octanol–water partition coefficient (Wildman–Crippen LogP) is 2.17. The summed E-state index contributed by atoms with van der Waals surface area (Å²) in [4.78, 5) is 22.1. The van der Waals surface area contributed by atoms with Crippen LogP contribution in [0.5, 0.6) is 0 Å². The van der Waals surface area contributed by atoms with E-state index in [0.29, 0.717) is 6.04 Å². The normalized spacial score (nSPS) is 19.1. The van der Waals surface area contributed by atoms with Crippen LogP contribution < -0.4 is 5.32 Å². The molecule has 0 bridgehead atoms. The Hall–Kier alpha value is -1.88. The molecular formula is C16H22N4O. The van der Waals surface area contributed by atoms with Crippen molar-refractivity contribution < 1.29 is 4.79 Å². The zero-order chi connectivity index (χ0) is 14.7. The minimum Gasteiger partial charge on any atom is -0.345 e. The first-order valence-corrected chi connectivity index (χ1v) is 7.68. The number of hydrogen-bond acceptors (Lipinski definition) is 3. The topological polar surface area (TPSA) is 61.0 Å². The summed E-state index contributed by atoms with van der Waals surface area (Å²) in [5, 5.41) is 3.18. The van der Waals surface area contributed by atoms with Gasteiger partial charge < -0.3 is 15.2 Å². The standard InChI is InChI=1S/C16H22N4O/c1-17-8-7-13-4-2-3-9-20(13)16(21)12-5-6-14-15(10-12)19-11-18-14/h5-6,10-11,13,17H,2-4,7-9H2,1H3,(H,18,19). The van der Waals surface area contributed by atoms with Gasteiger partial charge in [0.1, 0.15) is 0 Å². The van der Waals surface area contributed by atoms with Crippen molar-refractivity contribution in [3.63, 3.8) is 0 Å². The number of nitrogens with one attached hydrogen (secondary N) is 2. The monoisotopic (exact) mass is 286 g/mol. The van der Waals surface area contributed by atoms with Crippen LogP contribution in [0.1, 0.15) is 36.0 Å². The number of benzene rings is 1. The summed E-state index contributed by atoms with van der Waals surface area (Å²) in [5.74, 6) is 0.146. The number of nitrogens with zero attached hydrogens (tertiary/aromatic N) is 2. The fourth-order valence-electron chi connectivity index (χ4n) is 3.11. The van der Waals surface area contributed by atoms with E-state index >= 15 is 0 Å². The van der Waals surface area contributed by atoms with Crippen molar-refractivity contribution in [1.29, 1.82) is 0 Å². The molecule has 2 aromatic rings. The first kappa shape index (κ1) is 14.1. The minimum atomic E-state index is 0.146. The lowest BCUT2D eigenvalue weighted by Gasteiger charge is -2.36. The third kappa shape index (κ3) is 2.93. The minimum absolute atomic E-state index is 0.146. The predicted molar refractivity (Wildman–Crippen MR) is 83.3 cm³/mol. The highest BCUT2D eigenvalue weighted by Gasteiger charge is 2.27. The summed E-state index contributed by atoms with van der Waals surface area (Å²) >= 11 is 0. The van der Waals surface area contributed by atoms with E-state index in [1.54, 1.807) is 6.33 Å². The van der Waals surface area contributed by atoms with E-state index in [4.69, 9.17) is 0 Å². The van der Waals surface area contributed by atoms with Gasteiger partial charge in [0.2, 0.25) is 0 Å². The largest absolute Gasteiger partial charge is 0.345 e. The van der Waals surface area contributed by atoms with Gasteiger partial charge in [-0.3, -0.25) is 4.79 Å². The van der Waals surface area contributed by atoms with Crippen LogP contribution in [0.15, 0.2) is 24.5 Å². The number of carbonyl (C=O) groups is 1. The smallest absolute Gasteiger partial charge is 0.254 e. The van der Waals surface area contributed by atoms with Crippen LogP contribution in [0.4, 0.5) is 0 Å². The quantitative estimate of drug-likeness (QED) is 0.905. The molecule has 3 rings (SSSR count). The summed E-state index contributed by atoms with van der Waals surface area (Å²) in [6.45, 7) is 1.82. The summed E-state index contributed by atoms with van der Waals surface area (Å²) in [6, 6.07) is 6.06. The maximum absolute atomic E-state index is 12.8. The van der Waals surface area contributed by atoms with Gasteiger partial charge in [-0.1, -0.05) is 0 Å². The zero-order valence-corrected chi connectivity index (χ0v) is 12.4. The van der Waals surface area contributed by atoms with E-state index in [2.05, 4.69) is 20.2 Å². The third-order valence-corrected chi connectivity index (χ3v) is 4.28. The lowest BCUT2D eigenvalue weighted by molar-refractivity contribution is 0.0602. The molecule has 1 aromatic carbocycles. The molecule has 5 heteroatoms. The molecule has 1 aromatic heterocycles. The highest BCUT2D eigenvalue weighted by Crippen LogP contribution is 2.22. The van der Waals surface area contributed by atoms with Crippen molar-refractivity contribution in [2.24, 2.45) is 0 Å². The van der Waals surface area contributed by atoms with Crippen LogP contribution in [0.3, 0.4) is 0 Å². The summed E-state index contributed by atoms with van der Waals surface area (Å²) in [6.07, 6.45) is 6.12. The molecule has 0 saturated carbocycles. The van der Waals surface area contributed by atoms with Gasteiger partial charge in [-0.25, -0.2) is 4.98 Å². The maximum Gasteiger partial charge on any atom is 0.254 e. The van der Waals surface area contributed by atoms with E-state index in [1.165, 1.54) is 6.42 Å². The molecule has 0 aliphatic carbocycles. The highest BCUT2D eigenvalue weighted by molar-refractivity contribution is 5.97. The van der Waals surface area contributed by atoms with Gasteiger partial charge in [-0.15, -0.1) is 0 Å². The molecule has 2 N–H and O–H groups in total. The number of imidazole rings is 1. The van der Waals surface area contributed by atoms with Crippen LogP contribution in [0, 0.1) is 0 Å². The molecule has 2 heterocycles. The van der Waals surface area contributed by atoms with Gasteiger partial charge in [0, 0.05) is 18.2 Å². The number of carbonyl (C=O) groups excluding carboxylic acids is 1. The van der Waals surface area contributed by atoms with Crippen LogP contribution >= 0.6 is 0 Å². The van der Waals surface area contributed by atoms with E-state index in [9.17, 15) is 4.79 Å². The molecule has 1 aliphatic heterocycles. The van der Waals surface area contributed by atoms with Gasteiger partial charge in [0.05, 0.1) is 17.4 Å². The van der Waals surface area contributed by atoms with Crippen LogP contribution in [-0.4, -0.2) is 47.0 Å². The average Bonchev–Trinajstić information content (AvgIpc) is 3.00. The first-order chi connectivity index (χ1) is 10.3. The molecule has 1 amide bonds. The molecule has 5 nitrogen and oxygen atoms in total. The highest BCUT2D eigenvalue weighted by atomic mass is 16.2. The number of H-pyrrole nitrogens is 1. The average molecular weight is 286 g/mol. The van der Waals surface area contributed by atoms with Crippen molar-refractivity contribution in [2.45, 2.75) is 31.7 Å². The SMILES string of the molecule is CNCCC1CCCCN1C(=O)c1ccc2nc[nH]c2c1. The second kappa shape index (κ2) is 6.26. The molecule has 0 spiro atoms. The molecular weight excluding hydrogens is 264 g/mol. The molecule has 1 atom stereocenters. The molecule has 112 valence electrons. The van der Waals surface area contributed by atoms with E-state index in [-0.39, 0.29) is 5.91 Å². The Kier molecular flexibility index (Phi) is 4.20. The van der Waals surface area contributed by atoms with Crippen molar-refractivity contribution in [3.05, 3.63) is 30.1 Å². The van der Waals surface area contributed by atoms with Crippen LogP contribution in [0.2, 0.25) is 0 Å². The summed E-state index contributed by atoms with van der Waals surface area (Å²) in [5.41, 5.74) is 2.57. The molecule has 1 aliphatic rings. The Morgan fingerprint density at radius 2 is 2.38 bits per heavy atom. The number of amides is 1. The van der Waals surface area contributed by atoms with Gasteiger partial charge >= 0.3 is 0 Å². The van der Waals surface area contributed by atoms with Crippen molar-refractivity contribution in [1.82, 2.24) is 20.2 Å². The summed E-state index contributed by atoms with van der Waals surface area (Å²) in [7, 11) is 1.96. The molecule has 21 heavy (non-hydrogen) atoms. The lowest BCUT2D eigenvalue weighted by atomic mass is 9.98. The summed E-state index contributed by atoms with van der Waals surface area (Å²) < 4.78 is 0. The van der Waals surface area contributed by atoms with E-state index in [1.807, 2.05) is 25.2 Å². The number of fused-ring (bicyclic) bond motifs is 1. The number of aromatic amines is 1.